The lowest BCUT2D eigenvalue weighted by atomic mass is 10.3. The molecule has 0 aliphatic carbocycles. The zero-order chi connectivity index (χ0) is 9.40. The van der Waals surface area contributed by atoms with Gasteiger partial charge in [-0.3, -0.25) is 0 Å². The van der Waals surface area contributed by atoms with E-state index in [1.165, 1.54) is 6.08 Å². The zero-order valence-electron chi connectivity index (χ0n) is 6.66. The Morgan fingerprint density at radius 1 is 1.75 bits per heavy atom. The van der Waals surface area contributed by atoms with Crippen LogP contribution in [0.15, 0.2) is 17.6 Å². The third-order valence-corrected chi connectivity index (χ3v) is 1.08. The summed E-state index contributed by atoms with van der Waals surface area (Å²) in [6.07, 6.45) is 2.35. The quantitative estimate of drug-likeness (QED) is 0.262. The molecule has 0 fully saturated rings. The first kappa shape index (κ1) is 10.6. The average molecular weight is 168 g/mol. The van der Waals surface area contributed by atoms with Crippen LogP contribution in [0.25, 0.3) is 0 Å². The molecule has 0 aromatic heterocycles. The molecule has 12 heavy (non-hydrogen) atoms. The van der Waals surface area contributed by atoms with Crippen LogP contribution in [0.2, 0.25) is 0 Å². The molecule has 0 rings (SSSR count). The summed E-state index contributed by atoms with van der Waals surface area (Å²) in [5, 5.41) is 0. The molecule has 1 atom stereocenters. The number of carbonyl (C=O) groups is 1. The number of ether oxygens (including phenoxy) is 1. The Kier molecular flexibility index (Phi) is 5.57. The van der Waals surface area contributed by atoms with E-state index in [-0.39, 0.29) is 6.54 Å². The van der Waals surface area contributed by atoms with Crippen LogP contribution < -0.4 is 0 Å². The van der Waals surface area contributed by atoms with Crippen molar-refractivity contribution in [1.29, 1.82) is 0 Å². The summed E-state index contributed by atoms with van der Waals surface area (Å²) in [4.78, 5) is 23.5. The Balaban J connectivity index is 3.58. The number of isocyanates is 1. The largest absolute Gasteiger partial charge is 0.459 e. The Labute approximate surface area is 70.9 Å². The number of rotatable bonds is 5. The monoisotopic (exact) mass is 168 g/mol. The molecule has 0 N–H and O–H groups in total. The molecule has 0 saturated carbocycles. The highest BCUT2D eigenvalue weighted by molar-refractivity contribution is 5.81. The van der Waals surface area contributed by atoms with Crippen molar-refractivity contribution in [3.05, 3.63) is 19.6 Å². The fourth-order valence-corrected chi connectivity index (χ4v) is 0.525. The molecule has 1 unspecified atom stereocenters. The summed E-state index contributed by atoms with van der Waals surface area (Å²) in [6, 6.07) is 0. The van der Waals surface area contributed by atoms with Crippen LogP contribution >= 0.6 is 0 Å². The molecule has 4 heteroatoms. The lowest BCUT2D eigenvalue weighted by Gasteiger charge is -2.08. The Hall–Kier alpha value is -1.41. The van der Waals surface area contributed by atoms with Gasteiger partial charge in [0.05, 0.1) is 6.54 Å². The summed E-state index contributed by atoms with van der Waals surface area (Å²) in [6.45, 7) is 7.01. The van der Waals surface area contributed by atoms with E-state index in [0.717, 1.165) is 6.08 Å². The normalized spacial score (nSPS) is 11.1. The second kappa shape index (κ2) is 6.31. The van der Waals surface area contributed by atoms with Crippen LogP contribution in [0, 0.1) is 6.92 Å². The van der Waals surface area contributed by atoms with Crippen molar-refractivity contribution in [2.45, 2.75) is 12.5 Å². The van der Waals surface area contributed by atoms with Crippen molar-refractivity contribution in [2.24, 2.45) is 4.99 Å². The third-order valence-electron chi connectivity index (χ3n) is 1.08. The molecule has 0 amide bonds. The van der Waals surface area contributed by atoms with Crippen LogP contribution in [-0.4, -0.2) is 24.7 Å². The number of aliphatic imine (C=N–C) groups is 1. The highest BCUT2D eigenvalue weighted by atomic mass is 16.5. The van der Waals surface area contributed by atoms with Crippen molar-refractivity contribution in [1.82, 2.24) is 0 Å². The molecule has 0 aromatic rings. The molecule has 0 saturated heterocycles. The Morgan fingerprint density at radius 3 is 2.92 bits per heavy atom. The molecule has 0 spiro atoms. The van der Waals surface area contributed by atoms with Gasteiger partial charge < -0.3 is 4.74 Å². The van der Waals surface area contributed by atoms with E-state index in [4.69, 9.17) is 0 Å². The topological polar surface area (TPSA) is 55.7 Å². The van der Waals surface area contributed by atoms with E-state index in [1.54, 1.807) is 0 Å². The summed E-state index contributed by atoms with van der Waals surface area (Å²) in [5.74, 6) is -0.523. The molecular weight excluding hydrogens is 158 g/mol. The van der Waals surface area contributed by atoms with Crippen LogP contribution in [0.4, 0.5) is 0 Å². The molecular formula is C8H10NO3. The maximum Gasteiger partial charge on any atom is 0.330 e. The standard InChI is InChI=1S/C8H10NO3/c1-3-8(11)12-7(2)4-5-9-6-10/h3,7H,1-2,4-5H2. The fraction of sp³-hybridized carbons (Fsp3) is 0.375. The van der Waals surface area contributed by atoms with E-state index >= 15 is 0 Å². The van der Waals surface area contributed by atoms with Crippen LogP contribution in [0.1, 0.15) is 6.42 Å². The van der Waals surface area contributed by atoms with Crippen molar-refractivity contribution in [3.8, 4) is 0 Å². The molecule has 4 nitrogen and oxygen atoms in total. The van der Waals surface area contributed by atoms with Crippen molar-refractivity contribution >= 4 is 12.0 Å². The minimum absolute atomic E-state index is 0.266. The molecule has 0 aliphatic rings. The Bertz CT molecular complexity index is 206. The van der Waals surface area contributed by atoms with Gasteiger partial charge in [0.2, 0.25) is 6.08 Å². The first-order chi connectivity index (χ1) is 5.70. The lowest BCUT2D eigenvalue weighted by Crippen LogP contribution is -2.14. The number of nitrogens with zero attached hydrogens (tertiary/aromatic N) is 1. The molecule has 1 radical (unpaired) electrons. The van der Waals surface area contributed by atoms with E-state index in [2.05, 4.69) is 23.2 Å². The summed E-state index contributed by atoms with van der Waals surface area (Å²) < 4.78 is 4.69. The number of carbonyl (C=O) groups excluding carboxylic acids is 2. The molecule has 0 heterocycles. The van der Waals surface area contributed by atoms with Gasteiger partial charge in [-0.25, -0.2) is 14.6 Å². The minimum Gasteiger partial charge on any atom is -0.459 e. The molecule has 0 aromatic carbocycles. The van der Waals surface area contributed by atoms with Gasteiger partial charge in [-0.1, -0.05) is 6.58 Å². The highest BCUT2D eigenvalue weighted by Gasteiger charge is 2.04. The number of esters is 1. The molecule has 0 bridgehead atoms. The number of hydrogen-bond donors (Lipinski definition) is 0. The smallest absolute Gasteiger partial charge is 0.330 e. The predicted molar refractivity (Wildman–Crippen MR) is 43.0 cm³/mol. The minimum atomic E-state index is -0.523. The molecule has 65 valence electrons. The highest BCUT2D eigenvalue weighted by Crippen LogP contribution is 1.97. The van der Waals surface area contributed by atoms with Crippen molar-refractivity contribution in [2.75, 3.05) is 6.54 Å². The Morgan fingerprint density at radius 2 is 2.42 bits per heavy atom. The van der Waals surface area contributed by atoms with Crippen LogP contribution in [-0.2, 0) is 14.3 Å². The SMILES string of the molecule is [CH2]C(CCN=C=O)OC(=O)C=C. The van der Waals surface area contributed by atoms with Gasteiger partial charge in [-0.05, 0) is 6.92 Å². The maximum atomic E-state index is 10.6. The van der Waals surface area contributed by atoms with Gasteiger partial charge in [-0.15, -0.1) is 0 Å². The average Bonchev–Trinajstić information content (AvgIpc) is 2.05. The van der Waals surface area contributed by atoms with E-state index in [1.807, 2.05) is 0 Å². The van der Waals surface area contributed by atoms with E-state index in [9.17, 15) is 9.59 Å². The molecule has 0 aliphatic heterocycles. The van der Waals surface area contributed by atoms with E-state index in [0.29, 0.717) is 6.42 Å². The summed E-state index contributed by atoms with van der Waals surface area (Å²) in [5.41, 5.74) is 0. The second-order valence-corrected chi connectivity index (χ2v) is 2.02. The van der Waals surface area contributed by atoms with Gasteiger partial charge in [0.1, 0.15) is 6.10 Å². The van der Waals surface area contributed by atoms with Crippen LogP contribution in [0.3, 0.4) is 0 Å². The lowest BCUT2D eigenvalue weighted by molar-refractivity contribution is -0.141. The van der Waals surface area contributed by atoms with E-state index < -0.39 is 12.1 Å². The van der Waals surface area contributed by atoms with Crippen molar-refractivity contribution < 1.29 is 14.3 Å². The van der Waals surface area contributed by atoms with Crippen LogP contribution in [0.5, 0.6) is 0 Å². The van der Waals surface area contributed by atoms with Gasteiger partial charge in [0.15, 0.2) is 0 Å². The predicted octanol–water partition coefficient (Wildman–Crippen LogP) is 0.644. The third kappa shape index (κ3) is 5.38. The first-order valence-electron chi connectivity index (χ1n) is 3.40. The fourth-order valence-electron chi connectivity index (χ4n) is 0.525. The second-order valence-electron chi connectivity index (χ2n) is 2.02. The van der Waals surface area contributed by atoms with Gasteiger partial charge in [0.25, 0.3) is 0 Å². The van der Waals surface area contributed by atoms with Gasteiger partial charge >= 0.3 is 5.97 Å². The summed E-state index contributed by atoms with van der Waals surface area (Å²) >= 11 is 0. The van der Waals surface area contributed by atoms with Gasteiger partial charge in [-0.2, -0.15) is 0 Å². The summed E-state index contributed by atoms with van der Waals surface area (Å²) in [7, 11) is 0. The first-order valence-corrected chi connectivity index (χ1v) is 3.40. The zero-order valence-corrected chi connectivity index (χ0v) is 6.66. The van der Waals surface area contributed by atoms with Crippen molar-refractivity contribution in [3.63, 3.8) is 0 Å². The van der Waals surface area contributed by atoms with Gasteiger partial charge in [0, 0.05) is 12.5 Å². The maximum absolute atomic E-state index is 10.6. The number of hydrogen-bond acceptors (Lipinski definition) is 4.